The van der Waals surface area contributed by atoms with Gasteiger partial charge in [0.25, 0.3) is 0 Å². The second kappa shape index (κ2) is 6.37. The van der Waals surface area contributed by atoms with Gasteiger partial charge in [0.2, 0.25) is 11.0 Å². The molecule has 1 fully saturated rings. The van der Waals surface area contributed by atoms with E-state index in [0.29, 0.717) is 17.6 Å². The molecular weight excluding hydrogens is 288 g/mol. The van der Waals surface area contributed by atoms with E-state index in [2.05, 4.69) is 36.3 Å². The van der Waals surface area contributed by atoms with Crippen molar-refractivity contribution in [1.82, 2.24) is 15.1 Å². The largest absolute Gasteiger partial charge is 0.392 e. The third-order valence-electron chi connectivity index (χ3n) is 3.68. The number of β-amino-alcohol motifs (C(OH)–C–C–N with tert-alkyl or cyclic N) is 1. The van der Waals surface area contributed by atoms with Crippen molar-refractivity contribution >= 4 is 22.4 Å². The van der Waals surface area contributed by atoms with Crippen LogP contribution in [0.2, 0.25) is 0 Å². The van der Waals surface area contributed by atoms with Crippen molar-refractivity contribution in [3.8, 4) is 0 Å². The number of aliphatic hydroxyl groups excluding tert-OH is 1. The van der Waals surface area contributed by atoms with Crippen LogP contribution in [0.4, 0.5) is 5.13 Å². The zero-order valence-electron chi connectivity index (χ0n) is 13.1. The zero-order chi connectivity index (χ0) is 15.6. The monoisotopic (exact) mass is 312 g/mol. The quantitative estimate of drug-likeness (QED) is 0.884. The van der Waals surface area contributed by atoms with Crippen LogP contribution in [-0.4, -0.2) is 51.8 Å². The summed E-state index contributed by atoms with van der Waals surface area (Å²) in [5, 5.41) is 22.2. The SMILES string of the molecule is CC1CCN(CC(=O)Nc2nnc(C(C)(C)C)s2)CC1O. The van der Waals surface area contributed by atoms with Crippen LogP contribution in [-0.2, 0) is 10.2 Å². The maximum atomic E-state index is 12.0. The lowest BCUT2D eigenvalue weighted by atomic mass is 9.96. The van der Waals surface area contributed by atoms with E-state index in [4.69, 9.17) is 0 Å². The van der Waals surface area contributed by atoms with Crippen LogP contribution in [0.25, 0.3) is 0 Å². The summed E-state index contributed by atoms with van der Waals surface area (Å²) in [5.41, 5.74) is -0.0617. The van der Waals surface area contributed by atoms with Crippen LogP contribution < -0.4 is 5.32 Å². The third kappa shape index (κ3) is 4.46. The molecule has 0 aliphatic carbocycles. The molecule has 21 heavy (non-hydrogen) atoms. The van der Waals surface area contributed by atoms with E-state index in [9.17, 15) is 9.90 Å². The van der Waals surface area contributed by atoms with Gasteiger partial charge in [-0.3, -0.25) is 15.0 Å². The molecule has 1 aromatic rings. The normalized spacial score (nSPS) is 24.0. The number of carbonyl (C=O) groups excluding carboxylic acids is 1. The minimum Gasteiger partial charge on any atom is -0.392 e. The van der Waals surface area contributed by atoms with E-state index >= 15 is 0 Å². The first kappa shape index (κ1) is 16.3. The molecule has 6 nitrogen and oxygen atoms in total. The summed E-state index contributed by atoms with van der Waals surface area (Å²) in [6.07, 6.45) is 0.571. The molecule has 1 aliphatic rings. The summed E-state index contributed by atoms with van der Waals surface area (Å²) in [5.74, 6) is 0.204. The number of nitrogens with zero attached hydrogens (tertiary/aromatic N) is 3. The topological polar surface area (TPSA) is 78.4 Å². The van der Waals surface area contributed by atoms with Gasteiger partial charge < -0.3 is 5.11 Å². The Balaban J connectivity index is 1.86. The number of hydrogen-bond donors (Lipinski definition) is 2. The van der Waals surface area contributed by atoms with Gasteiger partial charge in [0, 0.05) is 12.0 Å². The number of nitrogens with one attached hydrogen (secondary N) is 1. The molecule has 2 atom stereocenters. The van der Waals surface area contributed by atoms with Gasteiger partial charge in [-0.1, -0.05) is 39.0 Å². The van der Waals surface area contributed by atoms with Gasteiger partial charge in [0.1, 0.15) is 5.01 Å². The molecule has 1 amide bonds. The molecule has 0 radical (unpaired) electrons. The van der Waals surface area contributed by atoms with E-state index in [1.807, 2.05) is 11.8 Å². The van der Waals surface area contributed by atoms with Crippen molar-refractivity contribution in [3.63, 3.8) is 0 Å². The van der Waals surface area contributed by atoms with Crippen LogP contribution in [0.15, 0.2) is 0 Å². The van der Waals surface area contributed by atoms with Gasteiger partial charge in [0.15, 0.2) is 0 Å². The Morgan fingerprint density at radius 2 is 2.19 bits per heavy atom. The van der Waals surface area contributed by atoms with Crippen LogP contribution >= 0.6 is 11.3 Å². The lowest BCUT2D eigenvalue weighted by Gasteiger charge is -2.33. The van der Waals surface area contributed by atoms with Gasteiger partial charge in [-0.2, -0.15) is 0 Å². The highest BCUT2D eigenvalue weighted by atomic mass is 32.1. The minimum absolute atomic E-state index is 0.0617. The Labute approximate surface area is 129 Å². The molecule has 0 bridgehead atoms. The summed E-state index contributed by atoms with van der Waals surface area (Å²) in [6.45, 7) is 9.92. The molecule has 2 unspecified atom stereocenters. The Morgan fingerprint density at radius 3 is 2.76 bits per heavy atom. The van der Waals surface area contributed by atoms with E-state index in [1.54, 1.807) is 0 Å². The fraction of sp³-hybridized carbons (Fsp3) is 0.786. The molecular formula is C14H24N4O2S. The molecule has 2 N–H and O–H groups in total. The van der Waals surface area contributed by atoms with E-state index < -0.39 is 0 Å². The van der Waals surface area contributed by atoms with Crippen molar-refractivity contribution < 1.29 is 9.90 Å². The average Bonchev–Trinajstić information content (AvgIpc) is 2.82. The lowest BCUT2D eigenvalue weighted by molar-refractivity contribution is -0.118. The molecule has 2 rings (SSSR count). The van der Waals surface area contributed by atoms with E-state index in [0.717, 1.165) is 18.0 Å². The number of hydrogen-bond acceptors (Lipinski definition) is 6. The first-order chi connectivity index (χ1) is 9.75. The van der Waals surface area contributed by atoms with Gasteiger partial charge in [-0.05, 0) is 18.9 Å². The van der Waals surface area contributed by atoms with Gasteiger partial charge in [0.05, 0.1) is 12.6 Å². The molecule has 0 saturated carbocycles. The van der Waals surface area contributed by atoms with Crippen molar-refractivity contribution in [3.05, 3.63) is 5.01 Å². The predicted octanol–water partition coefficient (Wildman–Crippen LogP) is 1.48. The Kier molecular flexibility index (Phi) is 4.95. The third-order valence-corrected chi connectivity index (χ3v) is 4.95. The number of carbonyl (C=O) groups is 1. The van der Waals surface area contributed by atoms with Crippen LogP contribution in [0, 0.1) is 5.92 Å². The van der Waals surface area contributed by atoms with Crippen LogP contribution in [0.5, 0.6) is 0 Å². The van der Waals surface area contributed by atoms with Crippen molar-refractivity contribution in [1.29, 1.82) is 0 Å². The molecule has 1 saturated heterocycles. The summed E-state index contributed by atoms with van der Waals surface area (Å²) in [6, 6.07) is 0. The second-order valence-electron chi connectivity index (χ2n) is 6.78. The first-order valence-corrected chi connectivity index (χ1v) is 8.11. The van der Waals surface area contributed by atoms with E-state index in [1.165, 1.54) is 11.3 Å². The highest BCUT2D eigenvalue weighted by Crippen LogP contribution is 2.27. The maximum Gasteiger partial charge on any atom is 0.240 e. The van der Waals surface area contributed by atoms with Crippen molar-refractivity contribution in [2.24, 2.45) is 5.92 Å². The van der Waals surface area contributed by atoms with Crippen LogP contribution in [0.3, 0.4) is 0 Å². The molecule has 0 spiro atoms. The number of anilines is 1. The molecule has 118 valence electrons. The van der Waals surface area contributed by atoms with Crippen LogP contribution in [0.1, 0.15) is 39.1 Å². The highest BCUT2D eigenvalue weighted by molar-refractivity contribution is 7.15. The molecule has 1 aromatic heterocycles. The lowest BCUT2D eigenvalue weighted by Crippen LogP contribution is -2.45. The Bertz CT molecular complexity index is 497. The minimum atomic E-state index is -0.347. The number of aliphatic hydroxyl groups is 1. The molecule has 0 aromatic carbocycles. The van der Waals surface area contributed by atoms with Gasteiger partial charge in [-0.15, -0.1) is 10.2 Å². The molecule has 2 heterocycles. The predicted molar refractivity (Wildman–Crippen MR) is 83.5 cm³/mol. The van der Waals surface area contributed by atoms with Crippen molar-refractivity contribution in [2.45, 2.75) is 45.6 Å². The fourth-order valence-corrected chi connectivity index (χ4v) is 3.01. The maximum absolute atomic E-state index is 12.0. The smallest absolute Gasteiger partial charge is 0.240 e. The average molecular weight is 312 g/mol. The standard InChI is InChI=1S/C14H24N4O2S/c1-9-5-6-18(7-10(9)19)8-11(20)15-13-17-16-12(21-13)14(2,3)4/h9-10,19H,5-8H2,1-4H3,(H,15,17,20). The zero-order valence-corrected chi connectivity index (χ0v) is 13.9. The highest BCUT2D eigenvalue weighted by Gasteiger charge is 2.26. The summed E-state index contributed by atoms with van der Waals surface area (Å²) in [7, 11) is 0. The number of piperidine rings is 1. The van der Waals surface area contributed by atoms with E-state index in [-0.39, 0.29) is 24.0 Å². The first-order valence-electron chi connectivity index (χ1n) is 7.30. The van der Waals surface area contributed by atoms with Gasteiger partial charge in [-0.25, -0.2) is 0 Å². The number of aromatic nitrogens is 2. The fourth-order valence-electron chi connectivity index (χ4n) is 2.20. The number of likely N-dealkylation sites (tertiary alicyclic amines) is 1. The second-order valence-corrected chi connectivity index (χ2v) is 7.76. The summed E-state index contributed by atoms with van der Waals surface area (Å²) in [4.78, 5) is 14.0. The Hall–Kier alpha value is -1.05. The molecule has 7 heteroatoms. The summed E-state index contributed by atoms with van der Waals surface area (Å²) < 4.78 is 0. The number of rotatable bonds is 3. The molecule has 1 aliphatic heterocycles. The van der Waals surface area contributed by atoms with Crippen molar-refractivity contribution in [2.75, 3.05) is 25.0 Å². The number of amides is 1. The Morgan fingerprint density at radius 1 is 1.48 bits per heavy atom. The van der Waals surface area contributed by atoms with Gasteiger partial charge >= 0.3 is 0 Å². The summed E-state index contributed by atoms with van der Waals surface area (Å²) >= 11 is 1.41.